The molecule has 4 rings (SSSR count). The van der Waals surface area contributed by atoms with Crippen molar-refractivity contribution >= 4 is 11.3 Å². The summed E-state index contributed by atoms with van der Waals surface area (Å²) in [5, 5.41) is 0. The van der Waals surface area contributed by atoms with E-state index in [-0.39, 0.29) is 12.4 Å². The molecule has 122 valence electrons. The maximum atomic E-state index is 5.66. The Kier molecular flexibility index (Phi) is 4.60. The Labute approximate surface area is 150 Å². The highest BCUT2D eigenvalue weighted by molar-refractivity contribution is 7.09. The van der Waals surface area contributed by atoms with Crippen molar-refractivity contribution < 1.29 is 25.8 Å². The Morgan fingerprint density at radius 2 is 1.42 bits per heavy atom. The molecule has 0 amide bonds. The third-order valence-electron chi connectivity index (χ3n) is 4.06. The van der Waals surface area contributed by atoms with Crippen LogP contribution in [0.5, 0.6) is 0 Å². The van der Waals surface area contributed by atoms with Gasteiger partial charge in [0.25, 0.3) is 0 Å². The van der Waals surface area contributed by atoms with E-state index in [1.54, 1.807) is 23.9 Å². The van der Waals surface area contributed by atoms with Crippen molar-refractivity contribution in [2.45, 2.75) is 13.8 Å². The standard InChI is InChI=1S/C19H16NO2S.ClH/c1-13-14(2)23-12-20(13)19-15(17-8-4-10-21-17)6-3-7-16(19)18-9-5-11-22-18;/h3-12H,1-2H3;1H/q+1;/p-1. The normalized spacial score (nSPS) is 10.6. The van der Waals surface area contributed by atoms with Crippen LogP contribution in [0.3, 0.4) is 0 Å². The van der Waals surface area contributed by atoms with Gasteiger partial charge >= 0.3 is 0 Å². The molecule has 0 N–H and O–H groups in total. The molecule has 0 saturated heterocycles. The van der Waals surface area contributed by atoms with E-state index in [1.807, 2.05) is 30.3 Å². The lowest BCUT2D eigenvalue weighted by molar-refractivity contribution is -0.596. The molecule has 3 aromatic heterocycles. The van der Waals surface area contributed by atoms with E-state index in [2.05, 4.69) is 36.1 Å². The number of furan rings is 2. The summed E-state index contributed by atoms with van der Waals surface area (Å²) in [6, 6.07) is 14.0. The maximum absolute atomic E-state index is 5.66. The van der Waals surface area contributed by atoms with Crippen molar-refractivity contribution in [3.05, 3.63) is 71.1 Å². The molecule has 0 atom stereocenters. The zero-order chi connectivity index (χ0) is 15.8. The van der Waals surface area contributed by atoms with Gasteiger partial charge < -0.3 is 21.2 Å². The highest BCUT2D eigenvalue weighted by Gasteiger charge is 2.26. The van der Waals surface area contributed by atoms with Crippen LogP contribution in [0.25, 0.3) is 28.3 Å². The van der Waals surface area contributed by atoms with Gasteiger partial charge in [0.15, 0.2) is 5.69 Å². The smallest absolute Gasteiger partial charge is 0.233 e. The van der Waals surface area contributed by atoms with E-state index in [4.69, 9.17) is 8.83 Å². The van der Waals surface area contributed by atoms with Gasteiger partial charge in [-0.2, -0.15) is 4.57 Å². The van der Waals surface area contributed by atoms with Crippen LogP contribution in [0.4, 0.5) is 0 Å². The third kappa shape index (κ3) is 2.68. The fourth-order valence-corrected chi connectivity index (χ4v) is 3.55. The maximum Gasteiger partial charge on any atom is 0.233 e. The molecule has 0 aliphatic heterocycles. The van der Waals surface area contributed by atoms with Gasteiger partial charge in [-0.1, -0.05) is 17.4 Å². The van der Waals surface area contributed by atoms with Gasteiger partial charge in [-0.05, 0) is 43.3 Å². The molecule has 3 heterocycles. The highest BCUT2D eigenvalue weighted by atomic mass is 35.5. The number of para-hydroxylation sites is 1. The second-order valence-corrected chi connectivity index (χ2v) is 6.45. The molecule has 0 aliphatic rings. The zero-order valence-electron chi connectivity index (χ0n) is 13.3. The first kappa shape index (κ1) is 16.6. The van der Waals surface area contributed by atoms with Crippen LogP contribution in [0, 0.1) is 13.8 Å². The summed E-state index contributed by atoms with van der Waals surface area (Å²) in [7, 11) is 0. The van der Waals surface area contributed by atoms with Crippen molar-refractivity contribution in [3.63, 3.8) is 0 Å². The Morgan fingerprint density at radius 3 is 1.83 bits per heavy atom. The zero-order valence-corrected chi connectivity index (χ0v) is 14.9. The van der Waals surface area contributed by atoms with E-state index in [1.165, 1.54) is 10.6 Å². The van der Waals surface area contributed by atoms with Gasteiger partial charge in [0, 0.05) is 6.92 Å². The van der Waals surface area contributed by atoms with Gasteiger partial charge in [-0.3, -0.25) is 0 Å². The van der Waals surface area contributed by atoms with Crippen LogP contribution in [0.2, 0.25) is 0 Å². The lowest BCUT2D eigenvalue weighted by Crippen LogP contribution is -3.00. The average molecular weight is 358 g/mol. The van der Waals surface area contributed by atoms with Crippen molar-refractivity contribution in [2.75, 3.05) is 0 Å². The number of benzene rings is 1. The number of hydrogen-bond donors (Lipinski definition) is 0. The molecule has 24 heavy (non-hydrogen) atoms. The highest BCUT2D eigenvalue weighted by Crippen LogP contribution is 2.34. The number of aryl methyl sites for hydroxylation is 1. The summed E-state index contributed by atoms with van der Waals surface area (Å²) in [6.07, 6.45) is 3.41. The number of hydrogen-bond acceptors (Lipinski definition) is 3. The summed E-state index contributed by atoms with van der Waals surface area (Å²) in [6.45, 7) is 4.27. The lowest BCUT2D eigenvalue weighted by Gasteiger charge is -2.07. The van der Waals surface area contributed by atoms with E-state index in [0.717, 1.165) is 28.3 Å². The van der Waals surface area contributed by atoms with Gasteiger partial charge in [-0.25, -0.2) is 0 Å². The molecule has 0 aliphatic carbocycles. The van der Waals surface area contributed by atoms with Gasteiger partial charge in [-0.15, -0.1) is 0 Å². The summed E-state index contributed by atoms with van der Waals surface area (Å²) in [5.41, 5.74) is 6.55. The molecular formula is C19H16ClNO2S. The summed E-state index contributed by atoms with van der Waals surface area (Å²) < 4.78 is 13.5. The molecule has 0 unspecified atom stereocenters. The number of halogens is 1. The number of aromatic nitrogens is 1. The average Bonchev–Trinajstić information content (AvgIpc) is 3.31. The van der Waals surface area contributed by atoms with Crippen LogP contribution in [0.15, 0.2) is 69.3 Å². The first-order chi connectivity index (χ1) is 11.3. The minimum atomic E-state index is 0. The molecular weight excluding hydrogens is 342 g/mol. The first-order valence-electron chi connectivity index (χ1n) is 7.43. The SMILES string of the molecule is Cc1sc[n+](-c2c(-c3ccco3)cccc2-c2ccco2)c1C.[Cl-]. The molecule has 0 bridgehead atoms. The monoisotopic (exact) mass is 357 g/mol. The van der Waals surface area contributed by atoms with Gasteiger partial charge in [0.05, 0.1) is 28.5 Å². The Bertz CT molecular complexity index is 888. The molecule has 1 aromatic carbocycles. The second-order valence-electron chi connectivity index (χ2n) is 5.39. The largest absolute Gasteiger partial charge is 1.00 e. The topological polar surface area (TPSA) is 30.2 Å². The molecule has 0 fully saturated rings. The molecule has 0 spiro atoms. The predicted molar refractivity (Wildman–Crippen MR) is 90.7 cm³/mol. The van der Waals surface area contributed by atoms with Crippen molar-refractivity contribution in [1.29, 1.82) is 0 Å². The Balaban J connectivity index is 0.00000169. The van der Waals surface area contributed by atoms with Crippen molar-refractivity contribution in [1.82, 2.24) is 0 Å². The van der Waals surface area contributed by atoms with Crippen LogP contribution in [-0.2, 0) is 0 Å². The van der Waals surface area contributed by atoms with Crippen molar-refractivity contribution in [3.8, 4) is 28.3 Å². The minimum Gasteiger partial charge on any atom is -1.00 e. The quantitative estimate of drug-likeness (QED) is 0.526. The summed E-state index contributed by atoms with van der Waals surface area (Å²) in [5.74, 6) is 1.70. The van der Waals surface area contributed by atoms with Crippen LogP contribution in [-0.4, -0.2) is 0 Å². The third-order valence-corrected chi connectivity index (χ3v) is 5.02. The molecule has 0 saturated carbocycles. The summed E-state index contributed by atoms with van der Waals surface area (Å²) >= 11 is 1.74. The Morgan fingerprint density at radius 1 is 0.833 bits per heavy atom. The first-order valence-corrected chi connectivity index (χ1v) is 8.31. The van der Waals surface area contributed by atoms with E-state index < -0.39 is 0 Å². The van der Waals surface area contributed by atoms with Crippen LogP contribution >= 0.6 is 11.3 Å². The number of rotatable bonds is 3. The molecule has 4 aromatic rings. The molecule has 3 nitrogen and oxygen atoms in total. The fourth-order valence-electron chi connectivity index (χ4n) is 2.75. The van der Waals surface area contributed by atoms with Crippen LogP contribution < -0.4 is 17.0 Å². The predicted octanol–water partition coefficient (Wildman–Crippen LogP) is 2.17. The summed E-state index contributed by atoms with van der Waals surface area (Å²) in [4.78, 5) is 1.30. The van der Waals surface area contributed by atoms with Crippen molar-refractivity contribution in [2.24, 2.45) is 0 Å². The minimum absolute atomic E-state index is 0. The number of nitrogens with zero attached hydrogens (tertiary/aromatic N) is 1. The fraction of sp³-hybridized carbons (Fsp3) is 0.105. The number of thiazole rings is 1. The lowest BCUT2D eigenvalue weighted by atomic mass is 10.0. The molecule has 5 heteroatoms. The van der Waals surface area contributed by atoms with E-state index in [9.17, 15) is 0 Å². The molecule has 0 radical (unpaired) electrons. The van der Waals surface area contributed by atoms with Gasteiger partial charge in [0.2, 0.25) is 11.2 Å². The second kappa shape index (κ2) is 6.67. The van der Waals surface area contributed by atoms with E-state index in [0.29, 0.717) is 0 Å². The van der Waals surface area contributed by atoms with Gasteiger partial charge in [0.1, 0.15) is 11.5 Å². The van der Waals surface area contributed by atoms with E-state index >= 15 is 0 Å². The van der Waals surface area contributed by atoms with Crippen LogP contribution in [0.1, 0.15) is 10.6 Å². The Hall–Kier alpha value is -2.30.